The Bertz CT molecular complexity index is 439. The number of nitrogens with zero attached hydrogens (tertiary/aromatic N) is 3. The normalized spacial score (nSPS) is 20.3. The van der Waals surface area contributed by atoms with Gasteiger partial charge in [-0.2, -0.15) is 0 Å². The summed E-state index contributed by atoms with van der Waals surface area (Å²) in [6, 6.07) is 10.2. The molecule has 0 fully saturated rings. The van der Waals surface area contributed by atoms with Crippen LogP contribution < -0.4 is 4.90 Å². The van der Waals surface area contributed by atoms with Crippen LogP contribution in [0.1, 0.15) is 13.3 Å². The number of rotatable bonds is 1. The highest BCUT2D eigenvalue weighted by molar-refractivity contribution is 6.65. The minimum absolute atomic E-state index is 0.354. The Labute approximate surface area is 107 Å². The number of hydrogen-bond acceptors (Lipinski definition) is 3. The number of aliphatic imine (C=N–C) groups is 2. The molecule has 0 saturated carbocycles. The molecule has 0 N–H and O–H groups in total. The van der Waals surface area contributed by atoms with Crippen LogP contribution in [0.25, 0.3) is 0 Å². The van der Waals surface area contributed by atoms with Crippen molar-refractivity contribution in [2.24, 2.45) is 15.9 Å². The molecule has 1 aliphatic rings. The molecule has 0 amide bonds. The zero-order valence-corrected chi connectivity index (χ0v) is 10.9. The van der Waals surface area contributed by atoms with Crippen molar-refractivity contribution in [3.8, 4) is 0 Å². The van der Waals surface area contributed by atoms with Crippen molar-refractivity contribution in [3.63, 3.8) is 0 Å². The van der Waals surface area contributed by atoms with Crippen molar-refractivity contribution >= 4 is 28.4 Å². The molecule has 1 aliphatic heterocycles. The lowest BCUT2D eigenvalue weighted by atomic mass is 10.1. The van der Waals surface area contributed by atoms with Gasteiger partial charge in [-0.25, -0.2) is 4.99 Å². The predicted octanol–water partition coefficient (Wildman–Crippen LogP) is 3.16. The van der Waals surface area contributed by atoms with E-state index in [1.165, 1.54) is 0 Å². The lowest BCUT2D eigenvalue weighted by molar-refractivity contribution is 0.625. The fraction of sp³-hybridized carbons (Fsp3) is 0.385. The molecule has 90 valence electrons. The summed E-state index contributed by atoms with van der Waals surface area (Å²) in [6.45, 7) is 2.90. The molecule has 3 nitrogen and oxygen atoms in total. The molecular weight excluding hydrogens is 234 g/mol. The molecule has 1 unspecified atom stereocenters. The Morgan fingerprint density at radius 2 is 2.00 bits per heavy atom. The number of para-hydroxylation sites is 1. The van der Waals surface area contributed by atoms with E-state index in [2.05, 4.69) is 33.9 Å². The van der Waals surface area contributed by atoms with Crippen LogP contribution >= 0.6 is 11.6 Å². The molecule has 1 aromatic carbocycles. The first-order valence-corrected chi connectivity index (χ1v) is 6.11. The fourth-order valence-corrected chi connectivity index (χ4v) is 1.97. The summed E-state index contributed by atoms with van der Waals surface area (Å²) in [4.78, 5) is 10.6. The van der Waals surface area contributed by atoms with Crippen LogP contribution in [-0.2, 0) is 0 Å². The van der Waals surface area contributed by atoms with E-state index < -0.39 is 0 Å². The van der Waals surface area contributed by atoms with E-state index in [4.69, 9.17) is 11.6 Å². The summed E-state index contributed by atoms with van der Waals surface area (Å²) in [7, 11) is 2.01. The minimum atomic E-state index is 0.354. The molecule has 0 spiro atoms. The third kappa shape index (κ3) is 3.07. The summed E-state index contributed by atoms with van der Waals surface area (Å²) in [5.41, 5.74) is 1.12. The minimum Gasteiger partial charge on any atom is -0.333 e. The molecule has 0 radical (unpaired) electrons. The highest BCUT2D eigenvalue weighted by Crippen LogP contribution is 2.18. The van der Waals surface area contributed by atoms with Gasteiger partial charge < -0.3 is 4.90 Å². The van der Waals surface area contributed by atoms with Crippen molar-refractivity contribution in [3.05, 3.63) is 30.3 Å². The smallest absolute Gasteiger partial charge is 0.219 e. The van der Waals surface area contributed by atoms with Crippen LogP contribution in [-0.4, -0.2) is 24.7 Å². The third-order valence-electron chi connectivity index (χ3n) is 2.82. The second-order valence-electron chi connectivity index (χ2n) is 4.34. The van der Waals surface area contributed by atoms with Crippen LogP contribution in [0, 0.1) is 5.92 Å². The quantitative estimate of drug-likeness (QED) is 0.703. The van der Waals surface area contributed by atoms with Crippen LogP contribution in [0.4, 0.5) is 5.69 Å². The average Bonchev–Trinajstić information content (AvgIpc) is 2.51. The van der Waals surface area contributed by atoms with Crippen molar-refractivity contribution in [1.29, 1.82) is 0 Å². The highest BCUT2D eigenvalue weighted by atomic mass is 35.5. The molecule has 17 heavy (non-hydrogen) atoms. The van der Waals surface area contributed by atoms with Gasteiger partial charge in [0.1, 0.15) is 5.84 Å². The molecule has 0 aliphatic carbocycles. The van der Waals surface area contributed by atoms with Gasteiger partial charge in [0.15, 0.2) is 0 Å². The maximum absolute atomic E-state index is 5.95. The first-order chi connectivity index (χ1) is 8.16. The molecule has 1 atom stereocenters. The van der Waals surface area contributed by atoms with Gasteiger partial charge in [0.05, 0.1) is 0 Å². The summed E-state index contributed by atoms with van der Waals surface area (Å²) in [5.74, 6) is 1.44. The molecular formula is C13H16ClN3. The monoisotopic (exact) mass is 249 g/mol. The summed E-state index contributed by atoms with van der Waals surface area (Å²) in [5, 5.41) is 0.354. The van der Waals surface area contributed by atoms with E-state index in [1.54, 1.807) is 0 Å². The van der Waals surface area contributed by atoms with Gasteiger partial charge in [0.2, 0.25) is 5.29 Å². The van der Waals surface area contributed by atoms with E-state index in [0.717, 1.165) is 24.5 Å². The number of hydrogen-bond donors (Lipinski definition) is 0. The Kier molecular flexibility index (Phi) is 3.79. The SMILES string of the molecule is CC1CN=C(Cl)N=C(N(C)c2ccccc2)C1. The Morgan fingerprint density at radius 1 is 1.29 bits per heavy atom. The van der Waals surface area contributed by atoms with Crippen molar-refractivity contribution in [2.75, 3.05) is 18.5 Å². The summed E-state index contributed by atoms with van der Waals surface area (Å²) in [6.07, 6.45) is 0.894. The zero-order valence-electron chi connectivity index (χ0n) is 10.1. The largest absolute Gasteiger partial charge is 0.333 e. The Hall–Kier alpha value is -1.35. The number of benzene rings is 1. The van der Waals surface area contributed by atoms with Gasteiger partial charge in [-0.15, -0.1) is 0 Å². The molecule has 2 rings (SSSR count). The van der Waals surface area contributed by atoms with E-state index in [0.29, 0.717) is 11.2 Å². The van der Waals surface area contributed by atoms with Crippen molar-refractivity contribution in [1.82, 2.24) is 0 Å². The fourth-order valence-electron chi connectivity index (χ4n) is 1.81. The van der Waals surface area contributed by atoms with Crippen LogP contribution in [0.15, 0.2) is 40.3 Å². The van der Waals surface area contributed by atoms with Gasteiger partial charge in [0.25, 0.3) is 0 Å². The Balaban J connectivity index is 2.24. The van der Waals surface area contributed by atoms with Gasteiger partial charge in [-0.1, -0.05) is 25.1 Å². The number of amidine groups is 2. The third-order valence-corrected chi connectivity index (χ3v) is 3.02. The van der Waals surface area contributed by atoms with Gasteiger partial charge in [0, 0.05) is 25.7 Å². The van der Waals surface area contributed by atoms with E-state index in [9.17, 15) is 0 Å². The molecule has 1 aromatic rings. The van der Waals surface area contributed by atoms with Crippen LogP contribution in [0.3, 0.4) is 0 Å². The molecule has 0 aromatic heterocycles. The summed E-state index contributed by atoms with van der Waals surface area (Å²) < 4.78 is 0. The standard InChI is InChI=1S/C13H16ClN3/c1-10-8-12(16-13(14)15-9-10)17(2)11-6-4-3-5-7-11/h3-7,10H,8-9H2,1-2H3. The Morgan fingerprint density at radius 3 is 2.71 bits per heavy atom. The van der Waals surface area contributed by atoms with E-state index >= 15 is 0 Å². The van der Waals surface area contributed by atoms with Crippen LogP contribution in [0.5, 0.6) is 0 Å². The second-order valence-corrected chi connectivity index (χ2v) is 4.68. The topological polar surface area (TPSA) is 28.0 Å². The van der Waals surface area contributed by atoms with E-state index in [-0.39, 0.29) is 0 Å². The summed E-state index contributed by atoms with van der Waals surface area (Å²) >= 11 is 5.95. The first-order valence-electron chi connectivity index (χ1n) is 5.73. The molecule has 1 heterocycles. The first kappa shape index (κ1) is 12.1. The maximum Gasteiger partial charge on any atom is 0.219 e. The average molecular weight is 250 g/mol. The molecule has 4 heteroatoms. The maximum atomic E-state index is 5.95. The number of halogens is 1. The second kappa shape index (κ2) is 5.32. The van der Waals surface area contributed by atoms with Gasteiger partial charge in [-0.05, 0) is 29.7 Å². The van der Waals surface area contributed by atoms with Crippen molar-refractivity contribution < 1.29 is 0 Å². The number of anilines is 1. The van der Waals surface area contributed by atoms with Crippen molar-refractivity contribution in [2.45, 2.75) is 13.3 Å². The lowest BCUT2D eigenvalue weighted by Gasteiger charge is -2.22. The van der Waals surface area contributed by atoms with Gasteiger partial charge >= 0.3 is 0 Å². The van der Waals surface area contributed by atoms with E-state index in [1.807, 2.05) is 25.2 Å². The zero-order chi connectivity index (χ0) is 12.3. The van der Waals surface area contributed by atoms with Crippen LogP contribution in [0.2, 0.25) is 0 Å². The molecule has 0 saturated heterocycles. The highest BCUT2D eigenvalue weighted by Gasteiger charge is 2.16. The lowest BCUT2D eigenvalue weighted by Crippen LogP contribution is -2.28. The molecule has 0 bridgehead atoms. The van der Waals surface area contributed by atoms with Gasteiger partial charge in [-0.3, -0.25) is 4.99 Å². The predicted molar refractivity (Wildman–Crippen MR) is 74.2 cm³/mol.